The third kappa shape index (κ3) is 3.00. The maximum Gasteiger partial charge on any atom is 0.231 e. The average Bonchev–Trinajstić information content (AvgIpc) is 3.07. The molecule has 3 rings (SSSR count). The lowest BCUT2D eigenvalue weighted by Gasteiger charge is -2.20. The zero-order valence-corrected chi connectivity index (χ0v) is 13.7. The second-order valence-corrected chi connectivity index (χ2v) is 6.54. The molecule has 0 fully saturated rings. The van der Waals surface area contributed by atoms with Gasteiger partial charge in [0.15, 0.2) is 11.5 Å². The molecule has 1 aromatic carbocycles. The summed E-state index contributed by atoms with van der Waals surface area (Å²) in [7, 11) is 0. The maximum atomic E-state index is 5.43. The molecule has 0 spiro atoms. The molecule has 1 aliphatic rings. The lowest BCUT2D eigenvalue weighted by Crippen LogP contribution is -2.21. The molecule has 106 valence electrons. The summed E-state index contributed by atoms with van der Waals surface area (Å²) in [6.07, 6.45) is 0. The van der Waals surface area contributed by atoms with E-state index < -0.39 is 0 Å². The van der Waals surface area contributed by atoms with Crippen LogP contribution in [0.15, 0.2) is 34.1 Å². The Morgan fingerprint density at radius 3 is 2.80 bits per heavy atom. The standard InChI is InChI=1S/C15H16BrNO2S/c1-2-17(9-15-12(16)5-6-20-15)8-11-3-4-13-14(7-11)19-10-18-13/h3-7H,2,8-10H2,1H3. The summed E-state index contributed by atoms with van der Waals surface area (Å²) in [5.41, 5.74) is 1.25. The third-order valence-electron chi connectivity index (χ3n) is 3.35. The number of ether oxygens (including phenoxy) is 2. The number of hydrogen-bond donors (Lipinski definition) is 0. The van der Waals surface area contributed by atoms with Crippen molar-refractivity contribution in [1.29, 1.82) is 0 Å². The first-order chi connectivity index (χ1) is 9.76. The van der Waals surface area contributed by atoms with Crippen LogP contribution in [0.25, 0.3) is 0 Å². The minimum atomic E-state index is 0.332. The average molecular weight is 354 g/mol. The van der Waals surface area contributed by atoms with Gasteiger partial charge in [-0.15, -0.1) is 11.3 Å². The van der Waals surface area contributed by atoms with Crippen molar-refractivity contribution in [3.05, 3.63) is 44.6 Å². The highest BCUT2D eigenvalue weighted by molar-refractivity contribution is 9.10. The lowest BCUT2D eigenvalue weighted by molar-refractivity contribution is 0.174. The van der Waals surface area contributed by atoms with Crippen LogP contribution in [-0.4, -0.2) is 18.2 Å². The first kappa shape index (κ1) is 13.9. The molecular weight excluding hydrogens is 338 g/mol. The molecule has 1 aromatic heterocycles. The van der Waals surface area contributed by atoms with Gasteiger partial charge in [-0.1, -0.05) is 13.0 Å². The molecule has 3 nitrogen and oxygen atoms in total. The van der Waals surface area contributed by atoms with Gasteiger partial charge in [0.2, 0.25) is 6.79 Å². The fraction of sp³-hybridized carbons (Fsp3) is 0.333. The van der Waals surface area contributed by atoms with Crippen molar-refractivity contribution < 1.29 is 9.47 Å². The van der Waals surface area contributed by atoms with Crippen LogP contribution in [0.2, 0.25) is 0 Å². The molecule has 5 heteroatoms. The summed E-state index contributed by atoms with van der Waals surface area (Å²) >= 11 is 5.39. The summed E-state index contributed by atoms with van der Waals surface area (Å²) < 4.78 is 12.0. The van der Waals surface area contributed by atoms with Crippen LogP contribution in [0.1, 0.15) is 17.4 Å². The number of halogens is 1. The Labute approximate surface area is 131 Å². The molecule has 0 bridgehead atoms. The smallest absolute Gasteiger partial charge is 0.231 e. The van der Waals surface area contributed by atoms with Gasteiger partial charge < -0.3 is 9.47 Å². The minimum absolute atomic E-state index is 0.332. The van der Waals surface area contributed by atoms with Crippen molar-refractivity contribution in [2.45, 2.75) is 20.0 Å². The zero-order chi connectivity index (χ0) is 13.9. The van der Waals surface area contributed by atoms with Crippen LogP contribution in [-0.2, 0) is 13.1 Å². The van der Waals surface area contributed by atoms with Crippen LogP contribution in [0.4, 0.5) is 0 Å². The topological polar surface area (TPSA) is 21.7 Å². The zero-order valence-electron chi connectivity index (χ0n) is 11.3. The number of hydrogen-bond acceptors (Lipinski definition) is 4. The number of fused-ring (bicyclic) bond motifs is 1. The fourth-order valence-corrected chi connectivity index (χ4v) is 3.74. The van der Waals surface area contributed by atoms with E-state index in [1.54, 1.807) is 11.3 Å². The SMILES string of the molecule is CCN(Cc1ccc2c(c1)OCO2)Cc1sccc1Br. The Bertz CT molecular complexity index is 599. The first-order valence-corrected chi connectivity index (χ1v) is 8.26. The summed E-state index contributed by atoms with van der Waals surface area (Å²) in [4.78, 5) is 3.78. The van der Waals surface area contributed by atoms with Gasteiger partial charge in [0, 0.05) is 22.4 Å². The van der Waals surface area contributed by atoms with E-state index in [0.29, 0.717) is 6.79 Å². The van der Waals surface area contributed by atoms with E-state index in [4.69, 9.17) is 9.47 Å². The molecule has 20 heavy (non-hydrogen) atoms. The monoisotopic (exact) mass is 353 g/mol. The molecule has 0 unspecified atom stereocenters. The lowest BCUT2D eigenvalue weighted by atomic mass is 10.2. The molecule has 1 aliphatic heterocycles. The molecule has 2 aromatic rings. The molecule has 0 amide bonds. The molecule has 0 saturated heterocycles. The van der Waals surface area contributed by atoms with Crippen LogP contribution in [0.5, 0.6) is 11.5 Å². The van der Waals surface area contributed by atoms with Gasteiger partial charge in [-0.3, -0.25) is 4.90 Å². The van der Waals surface area contributed by atoms with E-state index in [9.17, 15) is 0 Å². The van der Waals surface area contributed by atoms with Gasteiger partial charge in [0.05, 0.1) is 0 Å². The molecular formula is C15H16BrNO2S. The first-order valence-electron chi connectivity index (χ1n) is 6.59. The molecule has 0 radical (unpaired) electrons. The predicted molar refractivity (Wildman–Crippen MR) is 84.4 cm³/mol. The van der Waals surface area contributed by atoms with Gasteiger partial charge in [-0.2, -0.15) is 0 Å². The molecule has 2 heterocycles. The van der Waals surface area contributed by atoms with Crippen molar-refractivity contribution in [3.63, 3.8) is 0 Å². The second kappa shape index (κ2) is 6.16. The maximum absolute atomic E-state index is 5.43. The van der Waals surface area contributed by atoms with Gasteiger partial charge >= 0.3 is 0 Å². The van der Waals surface area contributed by atoms with E-state index in [2.05, 4.69) is 51.3 Å². The summed E-state index contributed by atoms with van der Waals surface area (Å²) in [6.45, 7) is 5.41. The number of benzene rings is 1. The van der Waals surface area contributed by atoms with Crippen molar-refractivity contribution in [3.8, 4) is 11.5 Å². The highest BCUT2D eigenvalue weighted by Crippen LogP contribution is 2.33. The number of rotatable bonds is 5. The Balaban J connectivity index is 1.70. The summed E-state index contributed by atoms with van der Waals surface area (Å²) in [6, 6.07) is 8.29. The van der Waals surface area contributed by atoms with Gasteiger partial charge in [-0.25, -0.2) is 0 Å². The van der Waals surface area contributed by atoms with Gasteiger partial charge in [0.25, 0.3) is 0 Å². The summed E-state index contributed by atoms with van der Waals surface area (Å²) in [5.74, 6) is 1.70. The number of thiophene rings is 1. The highest BCUT2D eigenvalue weighted by atomic mass is 79.9. The Morgan fingerprint density at radius 1 is 1.20 bits per heavy atom. The Morgan fingerprint density at radius 2 is 2.05 bits per heavy atom. The quantitative estimate of drug-likeness (QED) is 0.801. The molecule has 0 atom stereocenters. The van der Waals surface area contributed by atoms with E-state index in [0.717, 1.165) is 31.1 Å². The molecule has 0 saturated carbocycles. The van der Waals surface area contributed by atoms with Crippen molar-refractivity contribution in [1.82, 2.24) is 4.90 Å². The van der Waals surface area contributed by atoms with Crippen LogP contribution in [0, 0.1) is 0 Å². The van der Waals surface area contributed by atoms with E-state index in [1.165, 1.54) is 14.9 Å². The van der Waals surface area contributed by atoms with Crippen molar-refractivity contribution in [2.75, 3.05) is 13.3 Å². The van der Waals surface area contributed by atoms with E-state index in [1.807, 2.05) is 6.07 Å². The van der Waals surface area contributed by atoms with E-state index in [-0.39, 0.29) is 0 Å². The van der Waals surface area contributed by atoms with Crippen molar-refractivity contribution in [2.24, 2.45) is 0 Å². The molecule has 0 aliphatic carbocycles. The minimum Gasteiger partial charge on any atom is -0.454 e. The van der Waals surface area contributed by atoms with Crippen molar-refractivity contribution >= 4 is 27.3 Å². The van der Waals surface area contributed by atoms with Crippen LogP contribution >= 0.6 is 27.3 Å². The summed E-state index contributed by atoms with van der Waals surface area (Å²) in [5, 5.41) is 2.12. The van der Waals surface area contributed by atoms with Crippen LogP contribution in [0.3, 0.4) is 0 Å². The van der Waals surface area contributed by atoms with Crippen LogP contribution < -0.4 is 9.47 Å². The van der Waals surface area contributed by atoms with Gasteiger partial charge in [-0.05, 0) is 51.6 Å². The molecule has 0 N–H and O–H groups in total. The van der Waals surface area contributed by atoms with E-state index >= 15 is 0 Å². The Hall–Kier alpha value is -1.04. The normalized spacial score (nSPS) is 13.2. The van der Waals surface area contributed by atoms with Gasteiger partial charge in [0.1, 0.15) is 0 Å². The fourth-order valence-electron chi connectivity index (χ4n) is 2.22. The second-order valence-electron chi connectivity index (χ2n) is 4.68. The third-order valence-corrected chi connectivity index (χ3v) is 5.26. The largest absolute Gasteiger partial charge is 0.454 e. The Kier molecular flexibility index (Phi) is 4.29. The highest BCUT2D eigenvalue weighted by Gasteiger charge is 2.15. The predicted octanol–water partition coefficient (Wildman–Crippen LogP) is 4.26. The number of nitrogens with zero attached hydrogens (tertiary/aromatic N) is 1.